The van der Waals surface area contributed by atoms with Crippen molar-refractivity contribution in [3.8, 4) is 11.7 Å². The summed E-state index contributed by atoms with van der Waals surface area (Å²) in [6.07, 6.45) is 0. The minimum atomic E-state index is -0.464. The van der Waals surface area contributed by atoms with E-state index < -0.39 is 5.91 Å². The molecule has 0 saturated carbocycles. The summed E-state index contributed by atoms with van der Waals surface area (Å²) >= 11 is 0. The number of carbonyl (C=O) groups excluding carboxylic acids is 1. The van der Waals surface area contributed by atoms with Crippen LogP contribution in [0.4, 0.5) is 0 Å². The zero-order chi connectivity index (χ0) is 20.1. The van der Waals surface area contributed by atoms with Crippen molar-refractivity contribution >= 4 is 22.8 Å². The number of aliphatic imine (C=N–C) groups is 1. The number of amides is 1. The van der Waals surface area contributed by atoms with Crippen molar-refractivity contribution in [2.24, 2.45) is 10.7 Å². The second-order valence-corrected chi connectivity index (χ2v) is 6.24. The summed E-state index contributed by atoms with van der Waals surface area (Å²) in [5.74, 6) is 1.38. The molecule has 1 amide bonds. The molecule has 0 bridgehead atoms. The number of para-hydroxylation sites is 1. The Morgan fingerprint density at radius 1 is 1.29 bits per heavy atom. The number of ether oxygens (including phenoxy) is 1. The van der Waals surface area contributed by atoms with Gasteiger partial charge in [-0.2, -0.15) is 4.99 Å². The van der Waals surface area contributed by atoms with Crippen molar-refractivity contribution in [1.29, 1.82) is 0 Å². The Kier molecular flexibility index (Phi) is 6.00. The highest BCUT2D eigenvalue weighted by Crippen LogP contribution is 2.31. The maximum Gasteiger partial charge on any atom is 0.296 e. The molecule has 2 heterocycles. The second kappa shape index (κ2) is 8.62. The number of benzene rings is 1. The molecule has 3 aromatic rings. The lowest BCUT2D eigenvalue weighted by molar-refractivity contribution is 0.0998. The first kappa shape index (κ1) is 19.5. The van der Waals surface area contributed by atoms with Crippen molar-refractivity contribution in [3.63, 3.8) is 0 Å². The molecule has 0 unspecified atom stereocenters. The number of aromatic amines is 1. The van der Waals surface area contributed by atoms with Gasteiger partial charge in [-0.3, -0.25) is 9.69 Å². The quantitative estimate of drug-likeness (QED) is 0.427. The molecule has 148 valence electrons. The van der Waals surface area contributed by atoms with E-state index in [2.05, 4.69) is 34.0 Å². The SMILES string of the molecule is CCN(CC)Cc1ccc(Oc2cccc3cc(C(=O)N=C(N)NC)[nH]c23)o1. The van der Waals surface area contributed by atoms with Crippen LogP contribution < -0.4 is 15.8 Å². The number of carbonyl (C=O) groups is 1. The molecular formula is C20H25N5O3. The highest BCUT2D eigenvalue weighted by Gasteiger charge is 2.14. The van der Waals surface area contributed by atoms with Crippen LogP contribution in [0, 0.1) is 0 Å². The lowest BCUT2D eigenvalue weighted by atomic mass is 10.2. The van der Waals surface area contributed by atoms with E-state index >= 15 is 0 Å². The Hall–Kier alpha value is -3.26. The monoisotopic (exact) mass is 383 g/mol. The van der Waals surface area contributed by atoms with E-state index in [1.165, 1.54) is 0 Å². The zero-order valence-electron chi connectivity index (χ0n) is 16.3. The number of furan rings is 1. The van der Waals surface area contributed by atoms with Gasteiger partial charge in [-0.15, -0.1) is 0 Å². The summed E-state index contributed by atoms with van der Waals surface area (Å²) in [5, 5.41) is 3.45. The van der Waals surface area contributed by atoms with Gasteiger partial charge in [0.15, 0.2) is 11.7 Å². The van der Waals surface area contributed by atoms with E-state index in [1.807, 2.05) is 24.3 Å². The number of nitrogens with two attached hydrogens (primary N) is 1. The third kappa shape index (κ3) is 4.34. The number of nitrogens with one attached hydrogen (secondary N) is 2. The minimum absolute atomic E-state index is 0.0523. The number of rotatable bonds is 7. The van der Waals surface area contributed by atoms with Crippen LogP contribution in [-0.2, 0) is 6.54 Å². The summed E-state index contributed by atoms with van der Waals surface area (Å²) in [5.41, 5.74) is 6.57. The first-order valence-electron chi connectivity index (χ1n) is 9.21. The van der Waals surface area contributed by atoms with E-state index in [0.29, 0.717) is 22.9 Å². The standard InChI is InChI=1S/C20H25N5O3/c1-4-25(5-2)12-14-9-10-17(27-14)28-16-8-6-7-13-11-15(23-18(13)16)19(26)24-20(21)22-3/h6-11,23H,4-5,12H2,1-3H3,(H3,21,22,24,26). The molecule has 0 spiro atoms. The van der Waals surface area contributed by atoms with Crippen LogP contribution >= 0.6 is 0 Å². The third-order valence-electron chi connectivity index (χ3n) is 4.45. The first-order chi connectivity index (χ1) is 13.5. The number of H-pyrrole nitrogens is 1. The lowest BCUT2D eigenvalue weighted by Gasteiger charge is -2.15. The molecule has 0 aliphatic carbocycles. The number of hydrogen-bond acceptors (Lipinski definition) is 4. The summed E-state index contributed by atoms with van der Waals surface area (Å²) in [7, 11) is 1.60. The summed E-state index contributed by atoms with van der Waals surface area (Å²) in [6.45, 7) is 6.86. The van der Waals surface area contributed by atoms with Gasteiger partial charge < -0.3 is 25.2 Å². The van der Waals surface area contributed by atoms with E-state index in [0.717, 1.165) is 30.8 Å². The molecule has 0 radical (unpaired) electrons. The van der Waals surface area contributed by atoms with Crippen molar-refractivity contribution in [2.75, 3.05) is 20.1 Å². The van der Waals surface area contributed by atoms with E-state index in [-0.39, 0.29) is 5.96 Å². The maximum absolute atomic E-state index is 12.2. The molecule has 0 aliphatic rings. The molecule has 8 nitrogen and oxygen atoms in total. The highest BCUT2D eigenvalue weighted by molar-refractivity contribution is 6.04. The Morgan fingerprint density at radius 2 is 2.07 bits per heavy atom. The average molecular weight is 383 g/mol. The Morgan fingerprint density at radius 3 is 2.79 bits per heavy atom. The number of nitrogens with zero attached hydrogens (tertiary/aromatic N) is 2. The molecular weight excluding hydrogens is 358 g/mol. The van der Waals surface area contributed by atoms with Crippen molar-refractivity contribution in [2.45, 2.75) is 20.4 Å². The maximum atomic E-state index is 12.2. The van der Waals surface area contributed by atoms with Gasteiger partial charge in [-0.05, 0) is 31.3 Å². The van der Waals surface area contributed by atoms with Crippen LogP contribution in [0.25, 0.3) is 10.9 Å². The van der Waals surface area contributed by atoms with Crippen LogP contribution in [0.15, 0.2) is 45.8 Å². The van der Waals surface area contributed by atoms with Gasteiger partial charge in [0.2, 0.25) is 0 Å². The van der Waals surface area contributed by atoms with Gasteiger partial charge in [-0.1, -0.05) is 26.0 Å². The van der Waals surface area contributed by atoms with Gasteiger partial charge in [0.25, 0.3) is 11.9 Å². The largest absolute Gasteiger partial charge is 0.429 e. The molecule has 0 atom stereocenters. The van der Waals surface area contributed by atoms with Gasteiger partial charge >= 0.3 is 0 Å². The van der Waals surface area contributed by atoms with Crippen LogP contribution in [0.2, 0.25) is 0 Å². The van der Waals surface area contributed by atoms with Crippen LogP contribution in [0.5, 0.6) is 11.7 Å². The predicted octanol–water partition coefficient (Wildman–Crippen LogP) is 3.07. The Balaban J connectivity index is 1.82. The molecule has 3 rings (SSSR count). The molecule has 0 aliphatic heterocycles. The summed E-state index contributed by atoms with van der Waals surface area (Å²) in [6, 6.07) is 11.0. The normalized spacial score (nSPS) is 11.9. The molecule has 1 aromatic carbocycles. The topological polar surface area (TPSA) is 109 Å². The first-order valence-corrected chi connectivity index (χ1v) is 9.21. The number of hydrogen-bond donors (Lipinski definition) is 3. The predicted molar refractivity (Wildman–Crippen MR) is 109 cm³/mol. The van der Waals surface area contributed by atoms with Crippen molar-refractivity contribution in [3.05, 3.63) is 47.9 Å². The van der Waals surface area contributed by atoms with Gasteiger partial charge in [-0.25, -0.2) is 0 Å². The smallest absolute Gasteiger partial charge is 0.296 e. The van der Waals surface area contributed by atoms with Gasteiger partial charge in [0.1, 0.15) is 11.5 Å². The Labute approximate surface area is 163 Å². The summed E-state index contributed by atoms with van der Waals surface area (Å²) < 4.78 is 11.7. The van der Waals surface area contributed by atoms with Gasteiger partial charge in [0.05, 0.1) is 12.1 Å². The average Bonchev–Trinajstić information content (AvgIpc) is 3.33. The highest BCUT2D eigenvalue weighted by atomic mass is 16.6. The van der Waals surface area contributed by atoms with Crippen molar-refractivity contribution in [1.82, 2.24) is 15.2 Å². The van der Waals surface area contributed by atoms with Crippen molar-refractivity contribution < 1.29 is 13.9 Å². The number of aromatic nitrogens is 1. The molecule has 2 aromatic heterocycles. The lowest BCUT2D eigenvalue weighted by Crippen LogP contribution is -2.28. The third-order valence-corrected chi connectivity index (χ3v) is 4.45. The summed E-state index contributed by atoms with van der Waals surface area (Å²) in [4.78, 5) is 21.3. The molecule has 0 fully saturated rings. The fourth-order valence-electron chi connectivity index (χ4n) is 2.83. The molecule has 0 saturated heterocycles. The zero-order valence-corrected chi connectivity index (χ0v) is 16.3. The number of guanidine groups is 1. The van der Waals surface area contributed by atoms with Crippen LogP contribution in [0.3, 0.4) is 0 Å². The minimum Gasteiger partial charge on any atom is -0.429 e. The molecule has 8 heteroatoms. The fourth-order valence-corrected chi connectivity index (χ4v) is 2.83. The molecule has 4 N–H and O–H groups in total. The van der Waals surface area contributed by atoms with E-state index in [4.69, 9.17) is 14.9 Å². The number of fused-ring (bicyclic) bond motifs is 1. The van der Waals surface area contributed by atoms with E-state index in [9.17, 15) is 4.79 Å². The van der Waals surface area contributed by atoms with Gasteiger partial charge in [0, 0.05) is 18.5 Å². The van der Waals surface area contributed by atoms with E-state index in [1.54, 1.807) is 19.2 Å². The molecule has 28 heavy (non-hydrogen) atoms. The van der Waals surface area contributed by atoms with Crippen LogP contribution in [0.1, 0.15) is 30.1 Å². The Bertz CT molecular complexity index is 985. The second-order valence-electron chi connectivity index (χ2n) is 6.24. The van der Waals surface area contributed by atoms with Crippen LogP contribution in [-0.4, -0.2) is 41.9 Å². The fraction of sp³-hybridized carbons (Fsp3) is 0.300.